The van der Waals surface area contributed by atoms with Crippen molar-refractivity contribution in [3.63, 3.8) is 0 Å². The predicted octanol–water partition coefficient (Wildman–Crippen LogP) is 2.79. The van der Waals surface area contributed by atoms with Crippen molar-refractivity contribution in [1.29, 1.82) is 0 Å². The SMILES string of the molecule is CCCNCc1ccc(S(=O)(=O)NCC(F)(F)F)c(Br)c1. The monoisotopic (exact) mass is 388 g/mol. The average molecular weight is 389 g/mol. The molecule has 0 aliphatic heterocycles. The van der Waals surface area contributed by atoms with E-state index < -0.39 is 22.7 Å². The molecule has 0 aliphatic carbocycles. The van der Waals surface area contributed by atoms with Gasteiger partial charge in [0.25, 0.3) is 0 Å². The van der Waals surface area contributed by atoms with Gasteiger partial charge in [0, 0.05) is 11.0 Å². The first kappa shape index (κ1) is 18.4. The summed E-state index contributed by atoms with van der Waals surface area (Å²) in [6.45, 7) is 1.81. The molecule has 1 aromatic rings. The van der Waals surface area contributed by atoms with Gasteiger partial charge in [-0.25, -0.2) is 13.1 Å². The molecule has 2 N–H and O–H groups in total. The van der Waals surface area contributed by atoms with Gasteiger partial charge in [-0.2, -0.15) is 13.2 Å². The van der Waals surface area contributed by atoms with E-state index in [1.807, 2.05) is 6.92 Å². The van der Waals surface area contributed by atoms with Gasteiger partial charge in [-0.05, 0) is 46.6 Å². The third kappa shape index (κ3) is 6.33. The lowest BCUT2D eigenvalue weighted by atomic mass is 10.2. The zero-order chi connectivity index (χ0) is 16.1. The summed E-state index contributed by atoms with van der Waals surface area (Å²) in [7, 11) is -4.20. The van der Waals surface area contributed by atoms with Crippen molar-refractivity contribution in [2.24, 2.45) is 0 Å². The maximum absolute atomic E-state index is 12.1. The fourth-order valence-electron chi connectivity index (χ4n) is 1.54. The van der Waals surface area contributed by atoms with Crippen molar-refractivity contribution in [3.8, 4) is 0 Å². The number of hydrogen-bond donors (Lipinski definition) is 2. The molecule has 0 aromatic heterocycles. The number of rotatable bonds is 7. The highest BCUT2D eigenvalue weighted by atomic mass is 79.9. The van der Waals surface area contributed by atoms with Crippen molar-refractivity contribution in [1.82, 2.24) is 10.0 Å². The van der Waals surface area contributed by atoms with Gasteiger partial charge in [-0.1, -0.05) is 13.0 Å². The molecule has 1 rings (SSSR count). The Morgan fingerprint density at radius 1 is 1.29 bits per heavy atom. The number of benzene rings is 1. The molecule has 0 saturated heterocycles. The van der Waals surface area contributed by atoms with Crippen LogP contribution in [-0.2, 0) is 16.6 Å². The zero-order valence-electron chi connectivity index (χ0n) is 11.3. The number of hydrogen-bond acceptors (Lipinski definition) is 3. The van der Waals surface area contributed by atoms with E-state index in [1.54, 1.807) is 12.1 Å². The Kier molecular flexibility index (Phi) is 6.64. The Bertz CT molecular complexity index is 576. The summed E-state index contributed by atoms with van der Waals surface area (Å²) in [6, 6.07) is 4.42. The first-order valence-corrected chi connectivity index (χ1v) is 8.49. The highest BCUT2D eigenvalue weighted by molar-refractivity contribution is 9.10. The van der Waals surface area contributed by atoms with Crippen LogP contribution in [0.25, 0.3) is 0 Å². The molecule has 0 amide bonds. The van der Waals surface area contributed by atoms with Crippen molar-refractivity contribution >= 4 is 26.0 Å². The Balaban J connectivity index is 2.83. The van der Waals surface area contributed by atoms with Crippen LogP contribution in [0.5, 0.6) is 0 Å². The summed E-state index contributed by atoms with van der Waals surface area (Å²) >= 11 is 3.08. The van der Waals surface area contributed by atoms with Crippen LogP contribution in [-0.4, -0.2) is 27.7 Å². The normalized spacial score (nSPS) is 12.6. The lowest BCUT2D eigenvalue weighted by Crippen LogP contribution is -2.33. The van der Waals surface area contributed by atoms with Crippen LogP contribution in [0.1, 0.15) is 18.9 Å². The minimum atomic E-state index is -4.59. The predicted molar refractivity (Wildman–Crippen MR) is 77.4 cm³/mol. The van der Waals surface area contributed by atoms with E-state index in [9.17, 15) is 21.6 Å². The molecule has 0 fully saturated rings. The smallest absolute Gasteiger partial charge is 0.313 e. The summed E-state index contributed by atoms with van der Waals surface area (Å²) < 4.78 is 61.7. The van der Waals surface area contributed by atoms with Gasteiger partial charge in [0.15, 0.2) is 0 Å². The summed E-state index contributed by atoms with van der Waals surface area (Å²) in [5.74, 6) is 0. The van der Waals surface area contributed by atoms with E-state index in [0.29, 0.717) is 6.54 Å². The first-order chi connectivity index (χ1) is 9.65. The summed E-state index contributed by atoms with van der Waals surface area (Å²) in [6.07, 6.45) is -3.63. The highest BCUT2D eigenvalue weighted by Gasteiger charge is 2.30. The van der Waals surface area contributed by atoms with Crippen LogP contribution >= 0.6 is 15.9 Å². The lowest BCUT2D eigenvalue weighted by molar-refractivity contribution is -0.121. The fourth-order valence-corrected chi connectivity index (χ4v) is 3.67. The van der Waals surface area contributed by atoms with Crippen LogP contribution in [0.15, 0.2) is 27.6 Å². The van der Waals surface area contributed by atoms with Crippen molar-refractivity contribution in [3.05, 3.63) is 28.2 Å². The zero-order valence-corrected chi connectivity index (χ0v) is 13.7. The van der Waals surface area contributed by atoms with Crippen molar-refractivity contribution in [2.75, 3.05) is 13.1 Å². The molecule has 0 aliphatic rings. The largest absolute Gasteiger partial charge is 0.402 e. The Morgan fingerprint density at radius 2 is 1.95 bits per heavy atom. The van der Waals surface area contributed by atoms with E-state index >= 15 is 0 Å². The second kappa shape index (κ2) is 7.57. The summed E-state index contributed by atoms with van der Waals surface area (Å²) in [4.78, 5) is -0.217. The Hall–Kier alpha value is -0.640. The van der Waals surface area contributed by atoms with Crippen LogP contribution in [0.4, 0.5) is 13.2 Å². The molecular formula is C12H16BrF3N2O2S. The second-order valence-electron chi connectivity index (χ2n) is 4.38. The molecule has 0 heterocycles. The highest BCUT2D eigenvalue weighted by Crippen LogP contribution is 2.24. The second-order valence-corrected chi connectivity index (χ2v) is 6.97. The molecule has 0 radical (unpaired) electrons. The van der Waals surface area contributed by atoms with Gasteiger partial charge in [0.2, 0.25) is 10.0 Å². The third-order valence-electron chi connectivity index (χ3n) is 2.50. The molecule has 0 saturated carbocycles. The number of sulfonamides is 1. The molecule has 21 heavy (non-hydrogen) atoms. The van der Waals surface area contributed by atoms with Gasteiger partial charge in [-0.3, -0.25) is 0 Å². The van der Waals surface area contributed by atoms with E-state index in [0.717, 1.165) is 18.5 Å². The molecule has 9 heteroatoms. The van der Waals surface area contributed by atoms with Crippen LogP contribution in [0.3, 0.4) is 0 Å². The molecule has 0 bridgehead atoms. The van der Waals surface area contributed by atoms with E-state index in [-0.39, 0.29) is 9.37 Å². The molecule has 120 valence electrons. The number of nitrogens with one attached hydrogen (secondary N) is 2. The molecule has 1 aromatic carbocycles. The van der Waals surface area contributed by atoms with Crippen molar-refractivity contribution in [2.45, 2.75) is 31.0 Å². The molecule has 0 atom stereocenters. The Morgan fingerprint density at radius 3 is 2.48 bits per heavy atom. The minimum Gasteiger partial charge on any atom is -0.313 e. The quantitative estimate of drug-likeness (QED) is 0.706. The van der Waals surface area contributed by atoms with E-state index in [4.69, 9.17) is 0 Å². The van der Waals surface area contributed by atoms with Gasteiger partial charge in [0.1, 0.15) is 6.54 Å². The Labute approximate surface area is 130 Å². The first-order valence-electron chi connectivity index (χ1n) is 6.21. The van der Waals surface area contributed by atoms with Crippen LogP contribution in [0.2, 0.25) is 0 Å². The number of halogens is 4. The summed E-state index contributed by atoms with van der Waals surface area (Å²) in [5.41, 5.74) is 0.838. The van der Waals surface area contributed by atoms with E-state index in [2.05, 4.69) is 21.2 Å². The van der Waals surface area contributed by atoms with Crippen LogP contribution < -0.4 is 10.0 Å². The van der Waals surface area contributed by atoms with E-state index in [1.165, 1.54) is 10.8 Å². The molecule has 0 spiro atoms. The topological polar surface area (TPSA) is 58.2 Å². The maximum Gasteiger partial charge on any atom is 0.402 e. The lowest BCUT2D eigenvalue weighted by Gasteiger charge is -2.11. The van der Waals surface area contributed by atoms with Crippen molar-refractivity contribution < 1.29 is 21.6 Å². The fraction of sp³-hybridized carbons (Fsp3) is 0.500. The maximum atomic E-state index is 12.1. The average Bonchev–Trinajstić information content (AvgIpc) is 2.36. The van der Waals surface area contributed by atoms with Gasteiger partial charge >= 0.3 is 6.18 Å². The standard InChI is InChI=1S/C12H16BrF3N2O2S/c1-2-5-17-7-9-3-4-11(10(13)6-9)21(19,20)18-8-12(14,15)16/h3-4,6,17-18H,2,5,7-8H2,1H3. The van der Waals surface area contributed by atoms with Gasteiger partial charge < -0.3 is 5.32 Å². The van der Waals surface area contributed by atoms with Gasteiger partial charge in [0.05, 0.1) is 4.90 Å². The van der Waals surface area contributed by atoms with Gasteiger partial charge in [-0.15, -0.1) is 0 Å². The molecule has 4 nitrogen and oxygen atoms in total. The number of alkyl halides is 3. The molecular weight excluding hydrogens is 373 g/mol. The van der Waals surface area contributed by atoms with Crippen LogP contribution in [0, 0.1) is 0 Å². The third-order valence-corrected chi connectivity index (χ3v) is 4.88. The minimum absolute atomic E-state index is 0.217. The summed E-state index contributed by atoms with van der Waals surface area (Å²) in [5, 5.41) is 3.15. The molecule has 0 unspecified atom stereocenters.